The van der Waals surface area contributed by atoms with Gasteiger partial charge in [0.25, 0.3) is 0 Å². The van der Waals surface area contributed by atoms with Crippen molar-refractivity contribution in [1.82, 2.24) is 0 Å². The fraction of sp³-hybridized carbons (Fsp3) is 0.294. The second-order valence-corrected chi connectivity index (χ2v) is 5.21. The predicted octanol–water partition coefficient (Wildman–Crippen LogP) is 3.64. The lowest BCUT2D eigenvalue weighted by Crippen LogP contribution is -2.09. The van der Waals surface area contributed by atoms with Gasteiger partial charge in [0.15, 0.2) is 0 Å². The zero-order valence-electron chi connectivity index (χ0n) is 11.6. The van der Waals surface area contributed by atoms with Gasteiger partial charge in [0.1, 0.15) is 5.75 Å². The number of hydrogen-bond donors (Lipinski definition) is 2. The highest BCUT2D eigenvalue weighted by molar-refractivity contribution is 5.54. The smallest absolute Gasteiger partial charge is 0.115 e. The summed E-state index contributed by atoms with van der Waals surface area (Å²) in [6, 6.07) is 14.2. The summed E-state index contributed by atoms with van der Waals surface area (Å²) in [6.07, 6.45) is 2.06. The number of methoxy groups -OCH3 is 1. The van der Waals surface area contributed by atoms with E-state index in [0.29, 0.717) is 18.4 Å². The minimum atomic E-state index is 0.309. The zero-order valence-corrected chi connectivity index (χ0v) is 11.6. The van der Waals surface area contributed by atoms with Crippen LogP contribution in [-0.4, -0.2) is 12.2 Å². The van der Waals surface area contributed by atoms with E-state index in [1.54, 1.807) is 13.2 Å². The highest BCUT2D eigenvalue weighted by Crippen LogP contribution is 2.36. The SMILES string of the molecule is COCc1ccccc1NC1CCc2cc(O)ccc21. The molecule has 0 spiro atoms. The molecule has 1 atom stereocenters. The molecule has 3 heteroatoms. The molecule has 2 aromatic carbocycles. The average molecular weight is 269 g/mol. The van der Waals surface area contributed by atoms with Gasteiger partial charge in [-0.1, -0.05) is 24.3 Å². The first-order valence-electron chi connectivity index (χ1n) is 6.93. The van der Waals surface area contributed by atoms with E-state index in [1.807, 2.05) is 24.3 Å². The maximum Gasteiger partial charge on any atom is 0.115 e. The largest absolute Gasteiger partial charge is 0.508 e. The lowest BCUT2D eigenvalue weighted by Gasteiger charge is -2.18. The third-order valence-corrected chi connectivity index (χ3v) is 3.85. The van der Waals surface area contributed by atoms with Crippen LogP contribution in [0.1, 0.15) is 29.2 Å². The highest BCUT2D eigenvalue weighted by atomic mass is 16.5. The van der Waals surface area contributed by atoms with Gasteiger partial charge in [-0.05, 0) is 42.2 Å². The van der Waals surface area contributed by atoms with Crippen molar-refractivity contribution in [3.05, 3.63) is 59.2 Å². The van der Waals surface area contributed by atoms with Crippen LogP contribution in [0.3, 0.4) is 0 Å². The Labute approximate surface area is 119 Å². The van der Waals surface area contributed by atoms with Gasteiger partial charge >= 0.3 is 0 Å². The summed E-state index contributed by atoms with van der Waals surface area (Å²) in [5.41, 5.74) is 4.82. The molecule has 2 aromatic rings. The molecular weight excluding hydrogens is 250 g/mol. The summed E-state index contributed by atoms with van der Waals surface area (Å²) >= 11 is 0. The monoisotopic (exact) mass is 269 g/mol. The van der Waals surface area contributed by atoms with Crippen LogP contribution in [0.15, 0.2) is 42.5 Å². The molecule has 0 heterocycles. The Morgan fingerprint density at radius 1 is 1.25 bits per heavy atom. The number of aromatic hydroxyl groups is 1. The van der Waals surface area contributed by atoms with E-state index in [2.05, 4.69) is 17.4 Å². The summed E-state index contributed by atoms with van der Waals surface area (Å²) < 4.78 is 5.25. The number of para-hydroxylation sites is 1. The van der Waals surface area contributed by atoms with Crippen molar-refractivity contribution in [3.8, 4) is 5.75 Å². The van der Waals surface area contributed by atoms with Crippen molar-refractivity contribution in [2.75, 3.05) is 12.4 Å². The van der Waals surface area contributed by atoms with Gasteiger partial charge < -0.3 is 15.2 Å². The second kappa shape index (κ2) is 5.55. The van der Waals surface area contributed by atoms with E-state index in [0.717, 1.165) is 18.5 Å². The molecule has 1 unspecified atom stereocenters. The number of nitrogens with one attached hydrogen (secondary N) is 1. The molecular formula is C17H19NO2. The lowest BCUT2D eigenvalue weighted by atomic mass is 10.1. The van der Waals surface area contributed by atoms with Gasteiger partial charge in [-0.15, -0.1) is 0 Å². The molecule has 0 aromatic heterocycles. The molecule has 0 saturated heterocycles. The molecule has 20 heavy (non-hydrogen) atoms. The highest BCUT2D eigenvalue weighted by Gasteiger charge is 2.23. The number of rotatable bonds is 4. The normalized spacial score (nSPS) is 16.9. The van der Waals surface area contributed by atoms with Gasteiger partial charge in [-0.25, -0.2) is 0 Å². The van der Waals surface area contributed by atoms with Gasteiger partial charge in [0.2, 0.25) is 0 Å². The molecule has 1 aliphatic rings. The fourth-order valence-electron chi connectivity index (χ4n) is 2.88. The summed E-state index contributed by atoms with van der Waals surface area (Å²) in [5.74, 6) is 0.351. The molecule has 104 valence electrons. The van der Waals surface area contributed by atoms with E-state index < -0.39 is 0 Å². The van der Waals surface area contributed by atoms with Crippen molar-refractivity contribution in [2.45, 2.75) is 25.5 Å². The number of aryl methyl sites for hydroxylation is 1. The number of hydrogen-bond acceptors (Lipinski definition) is 3. The molecule has 0 amide bonds. The Kier molecular flexibility index (Phi) is 3.61. The van der Waals surface area contributed by atoms with E-state index >= 15 is 0 Å². The van der Waals surface area contributed by atoms with Crippen molar-refractivity contribution in [1.29, 1.82) is 0 Å². The minimum absolute atomic E-state index is 0.309. The number of fused-ring (bicyclic) bond motifs is 1. The van der Waals surface area contributed by atoms with Gasteiger partial charge in [0, 0.05) is 18.4 Å². The van der Waals surface area contributed by atoms with Crippen LogP contribution in [0.4, 0.5) is 5.69 Å². The van der Waals surface area contributed by atoms with Crippen LogP contribution >= 0.6 is 0 Å². The van der Waals surface area contributed by atoms with Crippen LogP contribution in [0.25, 0.3) is 0 Å². The van der Waals surface area contributed by atoms with Crippen molar-refractivity contribution in [2.24, 2.45) is 0 Å². The van der Waals surface area contributed by atoms with Crippen LogP contribution in [-0.2, 0) is 17.8 Å². The lowest BCUT2D eigenvalue weighted by molar-refractivity contribution is 0.185. The van der Waals surface area contributed by atoms with Crippen LogP contribution < -0.4 is 5.32 Å². The van der Waals surface area contributed by atoms with E-state index in [4.69, 9.17) is 4.74 Å². The number of ether oxygens (including phenoxy) is 1. The van der Waals surface area contributed by atoms with Gasteiger partial charge in [-0.3, -0.25) is 0 Å². The Morgan fingerprint density at radius 2 is 2.10 bits per heavy atom. The Bertz CT molecular complexity index is 610. The molecule has 0 radical (unpaired) electrons. The van der Waals surface area contributed by atoms with Crippen LogP contribution in [0, 0.1) is 0 Å². The van der Waals surface area contributed by atoms with E-state index in [1.165, 1.54) is 16.7 Å². The molecule has 0 saturated carbocycles. The number of benzene rings is 2. The maximum atomic E-state index is 9.55. The molecule has 2 N–H and O–H groups in total. The van der Waals surface area contributed by atoms with Crippen LogP contribution in [0.2, 0.25) is 0 Å². The first-order valence-corrected chi connectivity index (χ1v) is 6.93. The van der Waals surface area contributed by atoms with Crippen LogP contribution in [0.5, 0.6) is 5.75 Å². The van der Waals surface area contributed by atoms with Gasteiger partial charge in [-0.2, -0.15) is 0 Å². The molecule has 3 rings (SSSR count). The predicted molar refractivity (Wildman–Crippen MR) is 79.9 cm³/mol. The number of phenols is 1. The quantitative estimate of drug-likeness (QED) is 0.890. The third kappa shape index (κ3) is 2.49. The first-order chi connectivity index (χ1) is 9.78. The molecule has 0 aliphatic heterocycles. The summed E-state index contributed by atoms with van der Waals surface area (Å²) in [6.45, 7) is 0.609. The summed E-state index contributed by atoms with van der Waals surface area (Å²) in [7, 11) is 1.71. The number of anilines is 1. The minimum Gasteiger partial charge on any atom is -0.508 e. The van der Waals surface area contributed by atoms with Gasteiger partial charge in [0.05, 0.1) is 12.6 Å². The topological polar surface area (TPSA) is 41.5 Å². The first kappa shape index (κ1) is 13.0. The second-order valence-electron chi connectivity index (χ2n) is 5.21. The molecule has 0 bridgehead atoms. The standard InChI is InChI=1S/C17H19NO2/c1-20-11-13-4-2-3-5-16(13)18-17-9-6-12-10-14(19)7-8-15(12)17/h2-5,7-8,10,17-19H,6,9,11H2,1H3. The summed E-state index contributed by atoms with van der Waals surface area (Å²) in [4.78, 5) is 0. The Hall–Kier alpha value is -2.00. The maximum absolute atomic E-state index is 9.55. The third-order valence-electron chi connectivity index (χ3n) is 3.85. The molecule has 0 fully saturated rings. The van der Waals surface area contributed by atoms with Crippen molar-refractivity contribution < 1.29 is 9.84 Å². The molecule has 3 nitrogen and oxygen atoms in total. The van der Waals surface area contributed by atoms with E-state index in [9.17, 15) is 5.11 Å². The van der Waals surface area contributed by atoms with Crippen molar-refractivity contribution >= 4 is 5.69 Å². The average Bonchev–Trinajstić information content (AvgIpc) is 2.83. The van der Waals surface area contributed by atoms with E-state index in [-0.39, 0.29) is 0 Å². The summed E-state index contributed by atoms with van der Waals surface area (Å²) in [5, 5.41) is 13.2. The number of phenolic OH excluding ortho intramolecular Hbond substituents is 1. The molecule has 1 aliphatic carbocycles. The Morgan fingerprint density at radius 3 is 2.95 bits per heavy atom. The zero-order chi connectivity index (χ0) is 13.9. The Balaban J connectivity index is 1.84. The van der Waals surface area contributed by atoms with Crippen molar-refractivity contribution in [3.63, 3.8) is 0 Å². The fourth-order valence-corrected chi connectivity index (χ4v) is 2.88.